The van der Waals surface area contributed by atoms with Crippen molar-refractivity contribution in [1.29, 1.82) is 0 Å². The van der Waals surface area contributed by atoms with E-state index < -0.39 is 5.97 Å². The molecule has 0 bridgehead atoms. The zero-order valence-electron chi connectivity index (χ0n) is 16.4. The summed E-state index contributed by atoms with van der Waals surface area (Å²) in [6.45, 7) is 4.92. The van der Waals surface area contributed by atoms with E-state index in [1.807, 2.05) is 28.9 Å². The van der Waals surface area contributed by atoms with Crippen LogP contribution in [0.2, 0.25) is 0 Å². The van der Waals surface area contributed by atoms with E-state index in [2.05, 4.69) is 28.9 Å². The van der Waals surface area contributed by atoms with E-state index in [1.54, 1.807) is 18.3 Å². The van der Waals surface area contributed by atoms with E-state index >= 15 is 0 Å². The Bertz CT molecular complexity index is 932. The van der Waals surface area contributed by atoms with Crippen LogP contribution in [0.15, 0.2) is 42.6 Å². The van der Waals surface area contributed by atoms with Crippen LogP contribution in [-0.4, -0.2) is 30.8 Å². The maximum Gasteiger partial charge on any atom is 0.337 e. The molecule has 3 rings (SSSR count). The lowest BCUT2D eigenvalue weighted by Gasteiger charge is -2.08. The Hall–Kier alpha value is -3.02. The highest BCUT2D eigenvalue weighted by atomic mass is 16.4. The van der Waals surface area contributed by atoms with E-state index in [0.29, 0.717) is 12.2 Å². The van der Waals surface area contributed by atoms with Gasteiger partial charge in [-0.05, 0) is 24.1 Å². The van der Waals surface area contributed by atoms with Crippen molar-refractivity contribution in [1.82, 2.24) is 19.7 Å². The number of carbonyl (C=O) groups is 1. The highest BCUT2D eigenvalue weighted by molar-refractivity contribution is 5.94. The fourth-order valence-electron chi connectivity index (χ4n) is 3.17. The molecule has 0 saturated heterocycles. The van der Waals surface area contributed by atoms with Crippen LogP contribution in [0.4, 0.5) is 0 Å². The normalized spacial score (nSPS) is 10.9. The van der Waals surface area contributed by atoms with Crippen molar-refractivity contribution in [3.05, 3.63) is 65.4 Å². The van der Waals surface area contributed by atoms with Gasteiger partial charge < -0.3 is 5.11 Å². The number of rotatable bonds is 9. The third kappa shape index (κ3) is 4.63. The minimum absolute atomic E-state index is 0.206. The first-order chi connectivity index (χ1) is 13.6. The van der Waals surface area contributed by atoms with Gasteiger partial charge in [-0.25, -0.2) is 14.5 Å². The maximum absolute atomic E-state index is 11.4. The lowest BCUT2D eigenvalue weighted by molar-refractivity contribution is 0.0697. The lowest BCUT2D eigenvalue weighted by atomic mass is 10.0. The average molecular weight is 378 g/mol. The first kappa shape index (κ1) is 19.7. The summed E-state index contributed by atoms with van der Waals surface area (Å²) in [5.41, 5.74) is 2.58. The van der Waals surface area contributed by atoms with Gasteiger partial charge in [0.15, 0.2) is 5.82 Å². The molecular formula is C22H26N4O2. The number of nitrogens with zero attached hydrogens (tertiary/aromatic N) is 4. The van der Waals surface area contributed by atoms with Crippen LogP contribution in [-0.2, 0) is 19.4 Å². The Balaban J connectivity index is 1.80. The van der Waals surface area contributed by atoms with Gasteiger partial charge in [-0.2, -0.15) is 5.10 Å². The molecule has 0 fully saturated rings. The molecule has 146 valence electrons. The van der Waals surface area contributed by atoms with Gasteiger partial charge in [0.1, 0.15) is 5.82 Å². The number of pyridine rings is 1. The van der Waals surface area contributed by atoms with Gasteiger partial charge in [-0.1, -0.05) is 51.0 Å². The molecule has 0 spiro atoms. The molecule has 2 heterocycles. The molecule has 6 nitrogen and oxygen atoms in total. The number of hydrogen-bond acceptors (Lipinski definition) is 4. The molecule has 1 aromatic carbocycles. The topological polar surface area (TPSA) is 80.9 Å². The number of aryl methyl sites for hydroxylation is 2. The standard InChI is InChI=1S/C22H26N4O2/c1-3-5-6-9-20-24-19(4-2)25-26(20)15-16-10-12-17(13-11-16)21-18(22(27)28)8-7-14-23-21/h7-8,10-14H,3-6,9,15H2,1-2H3,(H,27,28). The minimum atomic E-state index is -0.974. The number of aromatic carboxylic acids is 1. The predicted octanol–water partition coefficient (Wildman–Crippen LogP) is 4.38. The highest BCUT2D eigenvalue weighted by Crippen LogP contribution is 2.22. The molecule has 3 aromatic rings. The highest BCUT2D eigenvalue weighted by Gasteiger charge is 2.13. The molecule has 2 aromatic heterocycles. The van der Waals surface area contributed by atoms with E-state index in [4.69, 9.17) is 0 Å². The molecule has 0 amide bonds. The number of hydrogen-bond donors (Lipinski definition) is 1. The van der Waals surface area contributed by atoms with Gasteiger partial charge in [-0.15, -0.1) is 0 Å². The Morgan fingerprint density at radius 3 is 2.57 bits per heavy atom. The molecule has 0 aliphatic rings. The first-order valence-electron chi connectivity index (χ1n) is 9.82. The van der Waals surface area contributed by atoms with Gasteiger partial charge in [0, 0.05) is 24.6 Å². The summed E-state index contributed by atoms with van der Waals surface area (Å²) in [5, 5.41) is 14.0. The van der Waals surface area contributed by atoms with E-state index in [0.717, 1.165) is 42.0 Å². The minimum Gasteiger partial charge on any atom is -0.478 e. The Morgan fingerprint density at radius 2 is 1.89 bits per heavy atom. The second-order valence-corrected chi connectivity index (χ2v) is 6.81. The van der Waals surface area contributed by atoms with Crippen LogP contribution in [0, 0.1) is 0 Å². The first-order valence-corrected chi connectivity index (χ1v) is 9.82. The molecule has 0 radical (unpaired) electrons. The number of benzene rings is 1. The second kappa shape index (κ2) is 9.26. The Labute approximate surface area is 165 Å². The third-order valence-electron chi connectivity index (χ3n) is 4.71. The quantitative estimate of drug-likeness (QED) is 0.559. The SMILES string of the molecule is CCCCCc1nc(CC)nn1Cc1ccc(-c2ncccc2C(=O)O)cc1. The third-order valence-corrected chi connectivity index (χ3v) is 4.71. The van der Waals surface area contributed by atoms with Crippen LogP contribution in [0.5, 0.6) is 0 Å². The predicted molar refractivity (Wildman–Crippen MR) is 108 cm³/mol. The maximum atomic E-state index is 11.4. The fourth-order valence-corrected chi connectivity index (χ4v) is 3.17. The van der Waals surface area contributed by atoms with Crippen LogP contribution >= 0.6 is 0 Å². The van der Waals surface area contributed by atoms with E-state index in [9.17, 15) is 9.90 Å². The van der Waals surface area contributed by atoms with Crippen molar-refractivity contribution in [3.63, 3.8) is 0 Å². The zero-order valence-corrected chi connectivity index (χ0v) is 16.4. The number of carboxylic acid groups (broad SMARTS) is 1. The van der Waals surface area contributed by atoms with Crippen LogP contribution in [0.1, 0.15) is 60.7 Å². The zero-order chi connectivity index (χ0) is 19.9. The number of aromatic nitrogens is 4. The van der Waals surface area contributed by atoms with Crippen molar-refractivity contribution < 1.29 is 9.90 Å². The van der Waals surface area contributed by atoms with Gasteiger partial charge in [0.05, 0.1) is 17.8 Å². The van der Waals surface area contributed by atoms with Crippen molar-refractivity contribution in [2.24, 2.45) is 0 Å². The van der Waals surface area contributed by atoms with Gasteiger partial charge in [0.25, 0.3) is 0 Å². The van der Waals surface area contributed by atoms with E-state index in [-0.39, 0.29) is 5.56 Å². The van der Waals surface area contributed by atoms with E-state index in [1.165, 1.54) is 12.8 Å². The molecule has 6 heteroatoms. The van der Waals surface area contributed by atoms with Crippen molar-refractivity contribution >= 4 is 5.97 Å². The van der Waals surface area contributed by atoms with Gasteiger partial charge in [-0.3, -0.25) is 4.98 Å². The number of unbranched alkanes of at least 4 members (excludes halogenated alkanes) is 2. The van der Waals surface area contributed by atoms with Crippen LogP contribution < -0.4 is 0 Å². The average Bonchev–Trinajstić information content (AvgIpc) is 3.10. The summed E-state index contributed by atoms with van der Waals surface area (Å²) in [7, 11) is 0. The van der Waals surface area contributed by atoms with Crippen molar-refractivity contribution in [2.45, 2.75) is 52.5 Å². The Kier molecular flexibility index (Phi) is 6.53. The molecule has 1 N–H and O–H groups in total. The lowest BCUT2D eigenvalue weighted by Crippen LogP contribution is -2.07. The number of carboxylic acids is 1. The molecule has 0 aliphatic heterocycles. The van der Waals surface area contributed by atoms with Crippen molar-refractivity contribution in [2.75, 3.05) is 0 Å². The molecule has 0 aliphatic carbocycles. The second-order valence-electron chi connectivity index (χ2n) is 6.81. The summed E-state index contributed by atoms with van der Waals surface area (Å²) in [4.78, 5) is 20.3. The molecule has 0 atom stereocenters. The summed E-state index contributed by atoms with van der Waals surface area (Å²) < 4.78 is 1.99. The molecule has 28 heavy (non-hydrogen) atoms. The summed E-state index contributed by atoms with van der Waals surface area (Å²) in [5.74, 6) is 0.938. The summed E-state index contributed by atoms with van der Waals surface area (Å²) in [6, 6.07) is 11.0. The molecule has 0 unspecified atom stereocenters. The fraction of sp³-hybridized carbons (Fsp3) is 0.364. The largest absolute Gasteiger partial charge is 0.478 e. The monoisotopic (exact) mass is 378 g/mol. The smallest absolute Gasteiger partial charge is 0.337 e. The van der Waals surface area contributed by atoms with Gasteiger partial charge in [0.2, 0.25) is 0 Å². The van der Waals surface area contributed by atoms with Crippen molar-refractivity contribution in [3.8, 4) is 11.3 Å². The van der Waals surface area contributed by atoms with Crippen LogP contribution in [0.3, 0.4) is 0 Å². The molecule has 0 saturated carbocycles. The van der Waals surface area contributed by atoms with Crippen LogP contribution in [0.25, 0.3) is 11.3 Å². The Morgan fingerprint density at radius 1 is 1.11 bits per heavy atom. The van der Waals surface area contributed by atoms with Gasteiger partial charge >= 0.3 is 5.97 Å². The summed E-state index contributed by atoms with van der Waals surface area (Å²) in [6.07, 6.45) is 6.87. The summed E-state index contributed by atoms with van der Waals surface area (Å²) >= 11 is 0. The molecular weight excluding hydrogens is 352 g/mol.